The van der Waals surface area contributed by atoms with Gasteiger partial charge in [0.1, 0.15) is 0 Å². The third-order valence-electron chi connectivity index (χ3n) is 5.22. The van der Waals surface area contributed by atoms with E-state index in [1.54, 1.807) is 66.1 Å². The van der Waals surface area contributed by atoms with Crippen molar-refractivity contribution in [3.8, 4) is 11.1 Å². The van der Waals surface area contributed by atoms with Crippen molar-refractivity contribution >= 4 is 39.2 Å². The highest BCUT2D eigenvalue weighted by Gasteiger charge is 2.30. The lowest BCUT2D eigenvalue weighted by atomic mass is 10.0. The van der Waals surface area contributed by atoms with E-state index in [1.807, 2.05) is 0 Å². The molecule has 0 atom stereocenters. The SMILES string of the molecule is CCOC(=O)c1c(-c2cc(Cl)ccc2S(=O)(=O)Cc2ccccc2)c(C=O)n2ccccc12. The van der Waals surface area contributed by atoms with E-state index in [1.165, 1.54) is 18.2 Å². The molecule has 0 aliphatic heterocycles. The number of carbonyl (C=O) groups excluding carboxylic acids is 2. The van der Waals surface area contributed by atoms with Gasteiger partial charge in [-0.15, -0.1) is 0 Å². The van der Waals surface area contributed by atoms with Gasteiger partial charge in [0, 0.05) is 22.3 Å². The Balaban J connectivity index is 2.03. The van der Waals surface area contributed by atoms with Crippen LogP contribution >= 0.6 is 11.6 Å². The second-order valence-corrected chi connectivity index (χ2v) is 9.71. The van der Waals surface area contributed by atoms with Crippen LogP contribution in [-0.2, 0) is 20.3 Å². The molecule has 0 fully saturated rings. The number of pyridine rings is 1. The van der Waals surface area contributed by atoms with Gasteiger partial charge in [-0.25, -0.2) is 13.2 Å². The molecule has 0 saturated carbocycles. The molecule has 0 unspecified atom stereocenters. The lowest BCUT2D eigenvalue weighted by molar-refractivity contribution is 0.0529. The number of esters is 1. The summed E-state index contributed by atoms with van der Waals surface area (Å²) in [5.74, 6) is -0.906. The summed E-state index contributed by atoms with van der Waals surface area (Å²) in [6, 6.07) is 18.2. The van der Waals surface area contributed by atoms with Crippen LogP contribution in [0.15, 0.2) is 77.8 Å². The lowest BCUT2D eigenvalue weighted by Gasteiger charge is -2.13. The predicted octanol–water partition coefficient (Wildman–Crippen LogP) is 5.22. The van der Waals surface area contributed by atoms with E-state index in [0.717, 1.165) is 0 Å². The van der Waals surface area contributed by atoms with E-state index < -0.39 is 15.8 Å². The Morgan fingerprint density at radius 3 is 2.48 bits per heavy atom. The zero-order chi connectivity index (χ0) is 23.6. The van der Waals surface area contributed by atoms with Gasteiger partial charge in [-0.3, -0.25) is 4.79 Å². The van der Waals surface area contributed by atoms with Gasteiger partial charge in [-0.1, -0.05) is 48.0 Å². The number of ether oxygens (including phenoxy) is 1. The van der Waals surface area contributed by atoms with Crippen molar-refractivity contribution in [3.05, 3.63) is 94.8 Å². The number of halogens is 1. The molecular weight excluding hydrogens is 462 g/mol. The molecule has 168 valence electrons. The van der Waals surface area contributed by atoms with Crippen molar-refractivity contribution in [1.29, 1.82) is 0 Å². The number of fused-ring (bicyclic) bond motifs is 1. The zero-order valence-electron chi connectivity index (χ0n) is 17.7. The molecule has 0 aliphatic carbocycles. The maximum Gasteiger partial charge on any atom is 0.340 e. The van der Waals surface area contributed by atoms with Crippen molar-refractivity contribution in [3.63, 3.8) is 0 Å². The van der Waals surface area contributed by atoms with E-state index in [-0.39, 0.29) is 44.7 Å². The highest BCUT2D eigenvalue weighted by molar-refractivity contribution is 7.90. The Hall–Kier alpha value is -3.42. The van der Waals surface area contributed by atoms with E-state index >= 15 is 0 Å². The Labute approximate surface area is 196 Å². The topological polar surface area (TPSA) is 81.9 Å². The molecule has 8 heteroatoms. The van der Waals surface area contributed by atoms with Gasteiger partial charge in [-0.05, 0) is 42.8 Å². The van der Waals surface area contributed by atoms with E-state index in [2.05, 4.69) is 0 Å². The molecular formula is C25H20ClNO5S. The first-order chi connectivity index (χ1) is 15.9. The van der Waals surface area contributed by atoms with Crippen molar-refractivity contribution in [2.75, 3.05) is 6.61 Å². The fourth-order valence-corrected chi connectivity index (χ4v) is 5.60. The monoisotopic (exact) mass is 481 g/mol. The Morgan fingerprint density at radius 1 is 1.06 bits per heavy atom. The number of aromatic nitrogens is 1. The Kier molecular flexibility index (Phi) is 6.35. The van der Waals surface area contributed by atoms with Gasteiger partial charge < -0.3 is 9.14 Å². The number of sulfone groups is 1. The normalized spacial score (nSPS) is 11.5. The molecule has 2 aromatic carbocycles. The number of rotatable bonds is 7. The number of nitrogens with zero attached hydrogens (tertiary/aromatic N) is 1. The summed E-state index contributed by atoms with van der Waals surface area (Å²) in [5.41, 5.74) is 1.63. The first-order valence-corrected chi connectivity index (χ1v) is 12.2. The van der Waals surface area contributed by atoms with E-state index in [4.69, 9.17) is 16.3 Å². The summed E-state index contributed by atoms with van der Waals surface area (Å²) < 4.78 is 33.8. The summed E-state index contributed by atoms with van der Waals surface area (Å²) in [4.78, 5) is 25.1. The van der Waals surface area contributed by atoms with Crippen LogP contribution in [-0.4, -0.2) is 31.7 Å². The molecule has 0 amide bonds. The van der Waals surface area contributed by atoms with Gasteiger partial charge in [0.2, 0.25) is 0 Å². The van der Waals surface area contributed by atoms with Crippen molar-refractivity contribution in [2.24, 2.45) is 0 Å². The van der Waals surface area contributed by atoms with Crippen LogP contribution in [0.4, 0.5) is 0 Å². The maximum absolute atomic E-state index is 13.5. The number of hydrogen-bond donors (Lipinski definition) is 0. The fraction of sp³-hybridized carbons (Fsp3) is 0.120. The zero-order valence-corrected chi connectivity index (χ0v) is 19.3. The van der Waals surface area contributed by atoms with Gasteiger partial charge in [0.15, 0.2) is 16.1 Å². The molecule has 33 heavy (non-hydrogen) atoms. The molecule has 0 aliphatic rings. The molecule has 0 radical (unpaired) electrons. The van der Waals surface area contributed by atoms with Gasteiger partial charge in [0.25, 0.3) is 0 Å². The molecule has 2 heterocycles. The summed E-state index contributed by atoms with van der Waals surface area (Å²) in [6.45, 7) is 1.79. The minimum atomic E-state index is -3.86. The standard InChI is InChI=1S/C25H20ClNO5S/c1-2-32-25(29)24-20-10-6-7-13-27(20)21(15-28)23(24)19-14-18(26)11-12-22(19)33(30,31)16-17-8-4-3-5-9-17/h3-15H,2,16H2,1H3. The van der Waals surface area contributed by atoms with Crippen LogP contribution in [0.2, 0.25) is 5.02 Å². The maximum atomic E-state index is 13.5. The van der Waals surface area contributed by atoms with Crippen LogP contribution < -0.4 is 0 Å². The van der Waals surface area contributed by atoms with E-state index in [0.29, 0.717) is 17.4 Å². The summed E-state index contributed by atoms with van der Waals surface area (Å²) >= 11 is 6.26. The number of aldehydes is 1. The first-order valence-electron chi connectivity index (χ1n) is 10.2. The Bertz CT molecular complexity index is 1460. The van der Waals surface area contributed by atoms with Crippen LogP contribution in [0.1, 0.15) is 33.3 Å². The second kappa shape index (κ2) is 9.21. The number of hydrogen-bond acceptors (Lipinski definition) is 5. The molecule has 0 spiro atoms. The van der Waals surface area contributed by atoms with Crippen molar-refractivity contribution < 1.29 is 22.7 Å². The molecule has 0 bridgehead atoms. The van der Waals surface area contributed by atoms with Crippen molar-refractivity contribution in [2.45, 2.75) is 17.6 Å². The largest absolute Gasteiger partial charge is 0.462 e. The first kappa shape index (κ1) is 22.8. The van der Waals surface area contributed by atoms with Gasteiger partial charge in [-0.2, -0.15) is 0 Å². The second-order valence-electron chi connectivity index (χ2n) is 7.31. The average molecular weight is 482 g/mol. The third kappa shape index (κ3) is 4.29. The molecule has 4 aromatic rings. The minimum Gasteiger partial charge on any atom is -0.462 e. The quantitative estimate of drug-likeness (QED) is 0.267. The lowest BCUT2D eigenvalue weighted by Crippen LogP contribution is -2.09. The summed E-state index contributed by atoms with van der Waals surface area (Å²) in [7, 11) is -3.86. The Morgan fingerprint density at radius 2 is 1.79 bits per heavy atom. The molecule has 2 aromatic heterocycles. The molecule has 0 saturated heterocycles. The fourth-order valence-electron chi connectivity index (χ4n) is 3.87. The molecule has 4 rings (SSSR count). The number of carbonyl (C=O) groups is 2. The van der Waals surface area contributed by atoms with Crippen LogP contribution in [0.25, 0.3) is 16.6 Å². The molecule has 6 nitrogen and oxygen atoms in total. The van der Waals surface area contributed by atoms with Crippen LogP contribution in [0.3, 0.4) is 0 Å². The average Bonchev–Trinajstić information content (AvgIpc) is 3.13. The highest BCUT2D eigenvalue weighted by Crippen LogP contribution is 2.39. The minimum absolute atomic E-state index is 0.0275. The summed E-state index contributed by atoms with van der Waals surface area (Å²) in [6.07, 6.45) is 2.23. The summed E-state index contributed by atoms with van der Waals surface area (Å²) in [5, 5.41) is 0.269. The van der Waals surface area contributed by atoms with E-state index in [9.17, 15) is 18.0 Å². The van der Waals surface area contributed by atoms with Crippen LogP contribution in [0.5, 0.6) is 0 Å². The predicted molar refractivity (Wildman–Crippen MR) is 127 cm³/mol. The number of benzene rings is 2. The highest BCUT2D eigenvalue weighted by atomic mass is 35.5. The van der Waals surface area contributed by atoms with Gasteiger partial charge in [0.05, 0.1) is 34.0 Å². The van der Waals surface area contributed by atoms with Crippen LogP contribution in [0, 0.1) is 0 Å². The third-order valence-corrected chi connectivity index (χ3v) is 7.19. The van der Waals surface area contributed by atoms with Gasteiger partial charge >= 0.3 is 5.97 Å². The van der Waals surface area contributed by atoms with Crippen molar-refractivity contribution in [1.82, 2.24) is 4.40 Å². The smallest absolute Gasteiger partial charge is 0.340 e. The molecule has 0 N–H and O–H groups in total.